The first kappa shape index (κ1) is 25.0. The normalized spacial score (nSPS) is 12.6. The summed E-state index contributed by atoms with van der Waals surface area (Å²) in [6, 6.07) is 10.3. The number of carbonyl (C=O) groups is 1. The average Bonchev–Trinajstić information content (AvgIpc) is 2.84. The number of benzene rings is 1. The van der Waals surface area contributed by atoms with Crippen LogP contribution in [0.2, 0.25) is 0 Å². The number of nitrogen functional groups attached to an aromatic ring is 1. The van der Waals surface area contributed by atoms with Gasteiger partial charge in [0.2, 0.25) is 0 Å². The van der Waals surface area contributed by atoms with E-state index in [1.54, 1.807) is 41.6 Å². The lowest BCUT2D eigenvalue weighted by atomic mass is 9.99. The SMILES string of the molecule is Cc1cc2cc(C(=O)N(Cc3ccc(C(F)(F)F)cn3)[C@H](c3ncccn3)C(C)C)ccc2nc1N. The van der Waals surface area contributed by atoms with E-state index in [1.807, 2.05) is 26.8 Å². The highest BCUT2D eigenvalue weighted by atomic mass is 19.4. The molecule has 0 bridgehead atoms. The number of aromatic nitrogens is 4. The number of fused-ring (bicyclic) bond motifs is 1. The van der Waals surface area contributed by atoms with Crippen LogP contribution in [0.15, 0.2) is 61.1 Å². The largest absolute Gasteiger partial charge is 0.417 e. The Hall–Kier alpha value is -4.08. The third-order valence-electron chi connectivity index (χ3n) is 5.85. The predicted octanol–water partition coefficient (Wildman–Crippen LogP) is 5.37. The maximum atomic E-state index is 13.9. The quantitative estimate of drug-likeness (QED) is 0.387. The molecule has 186 valence electrons. The zero-order valence-electron chi connectivity index (χ0n) is 20.0. The van der Waals surface area contributed by atoms with E-state index in [0.29, 0.717) is 28.4 Å². The lowest BCUT2D eigenvalue weighted by Crippen LogP contribution is -2.38. The summed E-state index contributed by atoms with van der Waals surface area (Å²) < 4.78 is 39.1. The highest BCUT2D eigenvalue weighted by molar-refractivity contribution is 5.98. The van der Waals surface area contributed by atoms with Gasteiger partial charge in [-0.25, -0.2) is 15.0 Å². The molecule has 0 saturated heterocycles. The molecular formula is C26H25F3N6O. The fraction of sp³-hybridized carbons (Fsp3) is 0.269. The molecule has 0 radical (unpaired) electrons. The standard InChI is InChI=1S/C26H25F3N6O/c1-15(2)22(24-31-9-4-10-32-24)35(14-20-7-6-19(13-33-20)26(27,28)29)25(36)17-5-8-21-18(12-17)11-16(3)23(30)34-21/h4-13,15,22H,14H2,1-3H3,(H2,30,34)/t22-/m0/s1. The molecule has 0 fully saturated rings. The number of aryl methyl sites for hydroxylation is 1. The molecule has 4 rings (SSSR count). The van der Waals surface area contributed by atoms with Crippen LogP contribution in [0.25, 0.3) is 10.9 Å². The van der Waals surface area contributed by atoms with Crippen LogP contribution >= 0.6 is 0 Å². The number of hydrogen-bond donors (Lipinski definition) is 1. The van der Waals surface area contributed by atoms with Crippen molar-refractivity contribution in [1.29, 1.82) is 0 Å². The summed E-state index contributed by atoms with van der Waals surface area (Å²) in [5, 5.41) is 0.747. The van der Waals surface area contributed by atoms with Crippen molar-refractivity contribution in [3.63, 3.8) is 0 Å². The fourth-order valence-corrected chi connectivity index (χ4v) is 4.01. The molecule has 1 amide bonds. The highest BCUT2D eigenvalue weighted by Gasteiger charge is 2.33. The maximum absolute atomic E-state index is 13.9. The first-order chi connectivity index (χ1) is 17.0. The van der Waals surface area contributed by atoms with Gasteiger partial charge in [-0.2, -0.15) is 13.2 Å². The van der Waals surface area contributed by atoms with Crippen molar-refractivity contribution in [2.24, 2.45) is 5.92 Å². The van der Waals surface area contributed by atoms with Gasteiger partial charge in [-0.1, -0.05) is 13.8 Å². The van der Waals surface area contributed by atoms with E-state index in [-0.39, 0.29) is 18.4 Å². The van der Waals surface area contributed by atoms with Crippen molar-refractivity contribution in [1.82, 2.24) is 24.8 Å². The van der Waals surface area contributed by atoms with Crippen molar-refractivity contribution in [2.75, 3.05) is 5.73 Å². The Balaban J connectivity index is 1.77. The smallest absolute Gasteiger partial charge is 0.383 e. The Labute approximate surface area is 206 Å². The molecule has 0 unspecified atom stereocenters. The third kappa shape index (κ3) is 5.27. The minimum Gasteiger partial charge on any atom is -0.383 e. The fourth-order valence-electron chi connectivity index (χ4n) is 4.01. The second-order valence-corrected chi connectivity index (χ2v) is 8.86. The lowest BCUT2D eigenvalue weighted by Gasteiger charge is -2.33. The van der Waals surface area contributed by atoms with Crippen molar-refractivity contribution in [3.8, 4) is 0 Å². The zero-order valence-corrected chi connectivity index (χ0v) is 20.0. The number of anilines is 1. The number of alkyl halides is 3. The summed E-state index contributed by atoms with van der Waals surface area (Å²) in [5.41, 5.74) is 7.20. The van der Waals surface area contributed by atoms with Crippen molar-refractivity contribution in [2.45, 2.75) is 39.5 Å². The molecular weight excluding hydrogens is 469 g/mol. The van der Waals surface area contributed by atoms with Gasteiger partial charge in [-0.3, -0.25) is 9.78 Å². The zero-order chi connectivity index (χ0) is 26.0. The molecule has 0 aliphatic heterocycles. The van der Waals surface area contributed by atoms with Crippen molar-refractivity contribution in [3.05, 3.63) is 89.3 Å². The van der Waals surface area contributed by atoms with Gasteiger partial charge in [0.25, 0.3) is 5.91 Å². The van der Waals surface area contributed by atoms with Crippen LogP contribution in [-0.4, -0.2) is 30.7 Å². The van der Waals surface area contributed by atoms with E-state index in [4.69, 9.17) is 5.73 Å². The van der Waals surface area contributed by atoms with Crippen LogP contribution in [0.4, 0.5) is 19.0 Å². The molecule has 3 heterocycles. The van der Waals surface area contributed by atoms with Crippen molar-refractivity contribution < 1.29 is 18.0 Å². The van der Waals surface area contributed by atoms with Crippen LogP contribution in [0.3, 0.4) is 0 Å². The molecule has 7 nitrogen and oxygen atoms in total. The monoisotopic (exact) mass is 494 g/mol. The minimum absolute atomic E-state index is 0.0326. The van der Waals surface area contributed by atoms with E-state index in [0.717, 1.165) is 23.2 Å². The van der Waals surface area contributed by atoms with E-state index in [1.165, 1.54) is 6.07 Å². The summed E-state index contributed by atoms with van der Waals surface area (Å²) in [7, 11) is 0. The van der Waals surface area contributed by atoms with Crippen LogP contribution in [0.5, 0.6) is 0 Å². The van der Waals surface area contributed by atoms with Gasteiger partial charge in [0.1, 0.15) is 5.82 Å². The van der Waals surface area contributed by atoms with E-state index < -0.39 is 17.8 Å². The average molecular weight is 495 g/mol. The molecule has 2 N–H and O–H groups in total. The Morgan fingerprint density at radius 2 is 1.78 bits per heavy atom. The van der Waals surface area contributed by atoms with Crippen molar-refractivity contribution >= 4 is 22.6 Å². The summed E-state index contributed by atoms with van der Waals surface area (Å²) in [4.78, 5) is 32.5. The number of amides is 1. The maximum Gasteiger partial charge on any atom is 0.417 e. The van der Waals surface area contributed by atoms with Gasteiger partial charge in [0.05, 0.1) is 29.4 Å². The number of halogens is 3. The summed E-state index contributed by atoms with van der Waals surface area (Å²) in [6.07, 6.45) is -0.548. The van der Waals surface area contributed by atoms with Gasteiger partial charge >= 0.3 is 6.18 Å². The molecule has 1 aromatic carbocycles. The van der Waals surface area contributed by atoms with E-state index in [2.05, 4.69) is 19.9 Å². The second kappa shape index (κ2) is 9.88. The highest BCUT2D eigenvalue weighted by Crippen LogP contribution is 2.32. The number of rotatable bonds is 6. The van der Waals surface area contributed by atoms with Gasteiger partial charge in [0.15, 0.2) is 5.82 Å². The van der Waals surface area contributed by atoms with Gasteiger partial charge < -0.3 is 10.6 Å². The summed E-state index contributed by atoms with van der Waals surface area (Å²) in [6.45, 7) is 5.66. The third-order valence-corrected chi connectivity index (χ3v) is 5.85. The summed E-state index contributed by atoms with van der Waals surface area (Å²) in [5.74, 6) is 0.408. The van der Waals surface area contributed by atoms with E-state index >= 15 is 0 Å². The Kier molecular flexibility index (Phi) is 6.87. The predicted molar refractivity (Wildman–Crippen MR) is 130 cm³/mol. The van der Waals surface area contributed by atoms with E-state index in [9.17, 15) is 18.0 Å². The van der Waals surface area contributed by atoms with Crippen LogP contribution in [-0.2, 0) is 12.7 Å². The Bertz CT molecular complexity index is 1370. The first-order valence-electron chi connectivity index (χ1n) is 11.3. The Morgan fingerprint density at radius 3 is 2.39 bits per heavy atom. The number of nitrogens with two attached hydrogens (primary N) is 1. The molecule has 4 aromatic rings. The first-order valence-corrected chi connectivity index (χ1v) is 11.3. The number of carbonyl (C=O) groups excluding carboxylic acids is 1. The minimum atomic E-state index is -4.50. The molecule has 0 aliphatic carbocycles. The van der Waals surface area contributed by atoms with Crippen LogP contribution < -0.4 is 5.73 Å². The topological polar surface area (TPSA) is 97.9 Å². The number of nitrogens with zero attached hydrogens (tertiary/aromatic N) is 5. The summed E-state index contributed by atoms with van der Waals surface area (Å²) >= 11 is 0. The number of hydrogen-bond acceptors (Lipinski definition) is 6. The molecule has 3 aromatic heterocycles. The second-order valence-electron chi connectivity index (χ2n) is 8.86. The number of pyridine rings is 2. The molecule has 0 aliphatic rings. The molecule has 0 spiro atoms. The Morgan fingerprint density at radius 1 is 1.06 bits per heavy atom. The molecule has 36 heavy (non-hydrogen) atoms. The lowest BCUT2D eigenvalue weighted by molar-refractivity contribution is -0.137. The van der Waals surface area contributed by atoms with Gasteiger partial charge in [-0.05, 0) is 60.9 Å². The van der Waals surface area contributed by atoms with Crippen LogP contribution in [0.1, 0.15) is 52.9 Å². The molecule has 10 heteroatoms. The molecule has 1 atom stereocenters. The van der Waals surface area contributed by atoms with Gasteiger partial charge in [0, 0.05) is 29.5 Å². The van der Waals surface area contributed by atoms with Crippen LogP contribution in [0, 0.1) is 12.8 Å². The van der Waals surface area contributed by atoms with Gasteiger partial charge in [-0.15, -0.1) is 0 Å². The molecule has 0 saturated carbocycles.